The van der Waals surface area contributed by atoms with Crippen LogP contribution in [-0.2, 0) is 6.18 Å². The third kappa shape index (κ3) is 4.38. The lowest BCUT2D eigenvalue weighted by atomic mass is 10.0. The molecule has 0 radical (unpaired) electrons. The van der Waals surface area contributed by atoms with Crippen molar-refractivity contribution < 1.29 is 22.7 Å². The van der Waals surface area contributed by atoms with Gasteiger partial charge in [-0.3, -0.25) is 4.79 Å². The van der Waals surface area contributed by atoms with Gasteiger partial charge < -0.3 is 10.1 Å². The number of ether oxygens (including phenoxy) is 1. The molecule has 8 heteroatoms. The molecule has 4 rings (SSSR count). The quantitative estimate of drug-likeness (QED) is 0.366. The summed E-state index contributed by atoms with van der Waals surface area (Å²) in [6.45, 7) is 0. The number of amides is 1. The molecule has 0 aliphatic heterocycles. The number of carbonyl (C=O) groups is 1. The van der Waals surface area contributed by atoms with Crippen molar-refractivity contribution in [2.45, 2.75) is 6.18 Å². The van der Waals surface area contributed by atoms with E-state index in [-0.39, 0.29) is 11.3 Å². The number of rotatable bonds is 4. The summed E-state index contributed by atoms with van der Waals surface area (Å²) in [4.78, 5) is 17.7. The highest BCUT2D eigenvalue weighted by atomic mass is 35.5. The number of para-hydroxylation sites is 1. The minimum Gasteiger partial charge on any atom is -0.497 e. The normalized spacial score (nSPS) is 11.4. The molecule has 1 aromatic heterocycles. The number of pyridine rings is 1. The number of halogens is 4. The molecule has 0 atom stereocenters. The molecule has 162 valence electrons. The maximum absolute atomic E-state index is 13.2. The van der Waals surface area contributed by atoms with Crippen molar-refractivity contribution in [1.29, 1.82) is 0 Å². The minimum absolute atomic E-state index is 0.0152. The summed E-state index contributed by atoms with van der Waals surface area (Å²) in [6, 6.07) is 19.1. The van der Waals surface area contributed by atoms with Crippen LogP contribution in [0.25, 0.3) is 22.2 Å². The number of nitrogens with zero attached hydrogens (tertiary/aromatic N) is 1. The van der Waals surface area contributed by atoms with Crippen LogP contribution in [0.4, 0.5) is 18.9 Å². The molecule has 0 aliphatic carbocycles. The number of carbonyl (C=O) groups excluding carboxylic acids is 1. The lowest BCUT2D eigenvalue weighted by Gasteiger charge is -2.13. The number of benzene rings is 3. The standard InChI is InChI=1S/C24H16ClF3N2O2/c1-32-16-9-6-14(7-10-16)22-13-18(17-4-2-3-5-21(17)30-22)23(31)29-15-8-11-20(25)19(12-15)24(26,27)28/h2-13H,1H3,(H,29,31). The SMILES string of the molecule is COc1ccc(-c2cc(C(=O)Nc3ccc(Cl)c(C(F)(F)F)c3)c3ccccc3n2)cc1. The predicted molar refractivity (Wildman–Crippen MR) is 118 cm³/mol. The Balaban J connectivity index is 1.75. The second-order valence-electron chi connectivity index (χ2n) is 6.95. The summed E-state index contributed by atoms with van der Waals surface area (Å²) in [6.07, 6.45) is -4.64. The molecule has 0 saturated carbocycles. The van der Waals surface area contributed by atoms with Gasteiger partial charge >= 0.3 is 6.18 Å². The summed E-state index contributed by atoms with van der Waals surface area (Å²) >= 11 is 5.67. The zero-order valence-electron chi connectivity index (χ0n) is 16.7. The molecule has 1 amide bonds. The van der Waals surface area contributed by atoms with Crippen LogP contribution in [0.3, 0.4) is 0 Å². The van der Waals surface area contributed by atoms with Crippen LogP contribution < -0.4 is 10.1 Å². The molecule has 0 aliphatic rings. The van der Waals surface area contributed by atoms with Crippen molar-refractivity contribution in [2.24, 2.45) is 0 Å². The Kier molecular flexibility index (Phi) is 5.76. The lowest BCUT2D eigenvalue weighted by molar-refractivity contribution is -0.137. The molecule has 0 spiro atoms. The van der Waals surface area contributed by atoms with E-state index in [1.807, 2.05) is 12.1 Å². The maximum atomic E-state index is 13.2. The molecular formula is C24H16ClF3N2O2. The summed E-state index contributed by atoms with van der Waals surface area (Å²) in [7, 11) is 1.56. The zero-order valence-corrected chi connectivity index (χ0v) is 17.5. The highest BCUT2D eigenvalue weighted by Crippen LogP contribution is 2.36. The van der Waals surface area contributed by atoms with Crippen LogP contribution in [0.2, 0.25) is 5.02 Å². The van der Waals surface area contributed by atoms with E-state index >= 15 is 0 Å². The Labute approximate surface area is 186 Å². The predicted octanol–water partition coefficient (Wildman–Crippen LogP) is 6.83. The van der Waals surface area contributed by atoms with Gasteiger partial charge in [0.05, 0.1) is 34.5 Å². The van der Waals surface area contributed by atoms with Crippen LogP contribution in [0.1, 0.15) is 15.9 Å². The van der Waals surface area contributed by atoms with Gasteiger partial charge in [0.2, 0.25) is 0 Å². The molecule has 1 N–H and O–H groups in total. The highest BCUT2D eigenvalue weighted by Gasteiger charge is 2.33. The van der Waals surface area contributed by atoms with Gasteiger partial charge in [-0.25, -0.2) is 4.98 Å². The van der Waals surface area contributed by atoms with Crippen LogP contribution in [0.5, 0.6) is 5.75 Å². The van der Waals surface area contributed by atoms with Crippen molar-refractivity contribution in [3.8, 4) is 17.0 Å². The second kappa shape index (κ2) is 8.51. The smallest absolute Gasteiger partial charge is 0.417 e. The summed E-state index contributed by atoms with van der Waals surface area (Å²) in [5.74, 6) is 0.115. The van der Waals surface area contributed by atoms with E-state index in [0.717, 1.165) is 17.7 Å². The van der Waals surface area contributed by atoms with Crippen LogP contribution in [-0.4, -0.2) is 18.0 Å². The summed E-state index contributed by atoms with van der Waals surface area (Å²) < 4.78 is 44.7. The fourth-order valence-electron chi connectivity index (χ4n) is 3.29. The van der Waals surface area contributed by atoms with E-state index in [0.29, 0.717) is 22.3 Å². The second-order valence-corrected chi connectivity index (χ2v) is 7.35. The Hall–Kier alpha value is -3.58. The van der Waals surface area contributed by atoms with E-state index < -0.39 is 22.7 Å². The number of fused-ring (bicyclic) bond motifs is 1. The van der Waals surface area contributed by atoms with Gasteiger partial charge in [-0.15, -0.1) is 0 Å². The minimum atomic E-state index is -4.64. The van der Waals surface area contributed by atoms with Gasteiger partial charge in [-0.1, -0.05) is 29.8 Å². The summed E-state index contributed by atoms with van der Waals surface area (Å²) in [5, 5.41) is 2.68. The van der Waals surface area contributed by atoms with Gasteiger partial charge in [-0.2, -0.15) is 13.2 Å². The largest absolute Gasteiger partial charge is 0.497 e. The van der Waals surface area contributed by atoms with E-state index in [1.165, 1.54) is 6.07 Å². The van der Waals surface area contributed by atoms with Crippen molar-refractivity contribution in [1.82, 2.24) is 4.98 Å². The van der Waals surface area contributed by atoms with E-state index in [1.54, 1.807) is 49.6 Å². The number of methoxy groups -OCH3 is 1. The number of anilines is 1. The first-order valence-corrected chi connectivity index (χ1v) is 9.86. The van der Waals surface area contributed by atoms with Gasteiger partial charge in [-0.05, 0) is 54.6 Å². The van der Waals surface area contributed by atoms with Crippen molar-refractivity contribution >= 4 is 34.1 Å². The maximum Gasteiger partial charge on any atom is 0.417 e. The molecule has 1 heterocycles. The first-order chi connectivity index (χ1) is 15.3. The Bertz CT molecular complexity index is 1310. The number of alkyl halides is 3. The third-order valence-corrected chi connectivity index (χ3v) is 5.21. The lowest BCUT2D eigenvalue weighted by Crippen LogP contribution is -2.14. The average molecular weight is 457 g/mol. The van der Waals surface area contributed by atoms with Crippen molar-refractivity contribution in [3.63, 3.8) is 0 Å². The topological polar surface area (TPSA) is 51.2 Å². The van der Waals surface area contributed by atoms with Gasteiger partial charge in [0, 0.05) is 16.6 Å². The first kappa shape index (κ1) is 21.6. The van der Waals surface area contributed by atoms with Gasteiger partial charge in [0.25, 0.3) is 5.91 Å². The fraction of sp³-hybridized carbons (Fsp3) is 0.0833. The number of aromatic nitrogens is 1. The first-order valence-electron chi connectivity index (χ1n) is 9.48. The molecule has 4 aromatic rings. The molecule has 4 nitrogen and oxygen atoms in total. The van der Waals surface area contributed by atoms with E-state index in [2.05, 4.69) is 10.3 Å². The average Bonchev–Trinajstić information content (AvgIpc) is 2.79. The highest BCUT2D eigenvalue weighted by molar-refractivity contribution is 6.31. The Morgan fingerprint density at radius 2 is 1.72 bits per heavy atom. The van der Waals surface area contributed by atoms with Crippen molar-refractivity contribution in [3.05, 3.63) is 88.9 Å². The Morgan fingerprint density at radius 3 is 2.41 bits per heavy atom. The van der Waals surface area contributed by atoms with E-state index in [4.69, 9.17) is 16.3 Å². The number of hydrogen-bond donors (Lipinski definition) is 1. The molecule has 0 unspecified atom stereocenters. The van der Waals surface area contributed by atoms with Crippen LogP contribution >= 0.6 is 11.6 Å². The van der Waals surface area contributed by atoms with Crippen molar-refractivity contribution in [2.75, 3.05) is 12.4 Å². The van der Waals surface area contributed by atoms with Gasteiger partial charge in [0.1, 0.15) is 5.75 Å². The molecule has 3 aromatic carbocycles. The fourth-order valence-corrected chi connectivity index (χ4v) is 3.52. The molecule has 0 fully saturated rings. The monoisotopic (exact) mass is 456 g/mol. The van der Waals surface area contributed by atoms with Crippen LogP contribution in [0.15, 0.2) is 72.8 Å². The zero-order chi connectivity index (χ0) is 22.9. The summed E-state index contributed by atoms with van der Waals surface area (Å²) in [5.41, 5.74) is 1.14. The molecule has 0 saturated heterocycles. The van der Waals surface area contributed by atoms with Crippen LogP contribution in [0, 0.1) is 0 Å². The van der Waals surface area contributed by atoms with Gasteiger partial charge in [0.15, 0.2) is 0 Å². The molecular weight excluding hydrogens is 441 g/mol. The number of nitrogens with one attached hydrogen (secondary N) is 1. The van der Waals surface area contributed by atoms with E-state index in [9.17, 15) is 18.0 Å². The molecule has 32 heavy (non-hydrogen) atoms. The Morgan fingerprint density at radius 1 is 1.00 bits per heavy atom. The number of hydrogen-bond acceptors (Lipinski definition) is 3. The molecule has 0 bridgehead atoms. The third-order valence-electron chi connectivity index (χ3n) is 4.88.